The summed E-state index contributed by atoms with van der Waals surface area (Å²) >= 11 is 0. The Bertz CT molecular complexity index is 1320. The summed E-state index contributed by atoms with van der Waals surface area (Å²) in [5, 5.41) is 31.6. The van der Waals surface area contributed by atoms with E-state index in [9.17, 15) is 20.1 Å². The molecule has 1 aromatic heterocycles. The van der Waals surface area contributed by atoms with E-state index in [0.717, 1.165) is 5.57 Å². The van der Waals surface area contributed by atoms with E-state index >= 15 is 0 Å². The summed E-state index contributed by atoms with van der Waals surface area (Å²) in [6.07, 6.45) is 7.17. The van der Waals surface area contributed by atoms with Gasteiger partial charge in [0.25, 0.3) is 0 Å². The largest absolute Gasteiger partial charge is 0.507 e. The van der Waals surface area contributed by atoms with Crippen LogP contribution in [0.25, 0.3) is 28.2 Å². The van der Waals surface area contributed by atoms with E-state index in [1.54, 1.807) is 6.07 Å². The fourth-order valence-electron chi connectivity index (χ4n) is 3.61. The molecule has 2 heterocycles. The number of allylic oxidation sites excluding steroid dienone is 2. The Hall–Kier alpha value is -3.67. The Morgan fingerprint density at radius 1 is 1.06 bits per heavy atom. The summed E-state index contributed by atoms with van der Waals surface area (Å²) in [6, 6.07) is 4.49. The first-order valence-electron chi connectivity index (χ1n) is 9.95. The van der Waals surface area contributed by atoms with Gasteiger partial charge in [-0.3, -0.25) is 4.79 Å². The van der Waals surface area contributed by atoms with Gasteiger partial charge in [0.1, 0.15) is 34.5 Å². The fourth-order valence-corrected chi connectivity index (χ4v) is 3.61. The SMILES string of the molecule is CC(C)=CCc1cc(O)c2occ(-c3cc4c(cc3O)OC(C)(C)C=C4)c(=O)c2c1O. The number of benzene rings is 2. The standard InChI is InChI=1S/C25H24O6/c1-13(2)5-6-15-10-19(27)24-21(22(15)28)23(29)17(12-30-24)16-9-14-7-8-25(3,4)31-20(14)11-18(16)26/h5,7-12,26-28H,6H2,1-4H3. The Balaban J connectivity index is 1.92. The Morgan fingerprint density at radius 3 is 2.52 bits per heavy atom. The van der Waals surface area contributed by atoms with Crippen LogP contribution < -0.4 is 10.2 Å². The molecular formula is C25H24O6. The lowest BCUT2D eigenvalue weighted by molar-refractivity contribution is 0.158. The highest BCUT2D eigenvalue weighted by Crippen LogP contribution is 2.41. The quantitative estimate of drug-likeness (QED) is 0.394. The Kier molecular flexibility index (Phi) is 4.81. The second-order valence-electron chi connectivity index (χ2n) is 8.52. The number of ether oxygens (including phenoxy) is 1. The molecule has 31 heavy (non-hydrogen) atoms. The highest BCUT2D eigenvalue weighted by molar-refractivity contribution is 5.92. The van der Waals surface area contributed by atoms with Crippen LogP contribution in [0.5, 0.6) is 23.0 Å². The first-order valence-corrected chi connectivity index (χ1v) is 9.95. The predicted molar refractivity (Wildman–Crippen MR) is 120 cm³/mol. The lowest BCUT2D eigenvalue weighted by atomic mass is 9.96. The first-order chi connectivity index (χ1) is 14.6. The van der Waals surface area contributed by atoms with Crippen molar-refractivity contribution in [3.8, 4) is 34.1 Å². The van der Waals surface area contributed by atoms with Crippen LogP contribution in [0.15, 0.2) is 51.4 Å². The van der Waals surface area contributed by atoms with E-state index in [2.05, 4.69) is 0 Å². The van der Waals surface area contributed by atoms with Crippen molar-refractivity contribution in [1.29, 1.82) is 0 Å². The lowest BCUT2D eigenvalue weighted by Gasteiger charge is -2.28. The molecule has 4 rings (SSSR count). The van der Waals surface area contributed by atoms with Crippen molar-refractivity contribution in [2.75, 3.05) is 0 Å². The molecule has 0 radical (unpaired) electrons. The van der Waals surface area contributed by atoms with Crippen LogP contribution in [0, 0.1) is 0 Å². The van der Waals surface area contributed by atoms with Crippen molar-refractivity contribution < 1.29 is 24.5 Å². The number of aromatic hydroxyl groups is 3. The highest BCUT2D eigenvalue weighted by Gasteiger charge is 2.25. The average molecular weight is 420 g/mol. The molecule has 0 aliphatic carbocycles. The highest BCUT2D eigenvalue weighted by atomic mass is 16.5. The van der Waals surface area contributed by atoms with Crippen molar-refractivity contribution in [1.82, 2.24) is 0 Å². The molecule has 0 amide bonds. The smallest absolute Gasteiger partial charge is 0.204 e. The molecule has 2 aromatic carbocycles. The zero-order valence-corrected chi connectivity index (χ0v) is 17.8. The van der Waals surface area contributed by atoms with Gasteiger partial charge >= 0.3 is 0 Å². The van der Waals surface area contributed by atoms with Crippen molar-refractivity contribution in [3.63, 3.8) is 0 Å². The minimum atomic E-state index is -0.551. The van der Waals surface area contributed by atoms with Crippen molar-refractivity contribution in [2.24, 2.45) is 0 Å². The maximum Gasteiger partial charge on any atom is 0.204 e. The minimum absolute atomic E-state index is 0.0695. The molecule has 0 spiro atoms. The first kappa shape index (κ1) is 20.6. The fraction of sp³-hybridized carbons (Fsp3) is 0.240. The molecule has 160 valence electrons. The summed E-state index contributed by atoms with van der Waals surface area (Å²) in [5.74, 6) is -0.130. The lowest BCUT2D eigenvalue weighted by Crippen LogP contribution is -2.27. The van der Waals surface area contributed by atoms with Gasteiger partial charge in [0, 0.05) is 22.8 Å². The van der Waals surface area contributed by atoms with Crippen LogP contribution in [0.4, 0.5) is 0 Å². The van der Waals surface area contributed by atoms with Crippen LogP contribution in [0.2, 0.25) is 0 Å². The maximum absolute atomic E-state index is 13.3. The number of fused-ring (bicyclic) bond motifs is 2. The monoisotopic (exact) mass is 420 g/mol. The molecule has 0 atom stereocenters. The van der Waals surface area contributed by atoms with Crippen molar-refractivity contribution in [3.05, 3.63) is 63.5 Å². The van der Waals surface area contributed by atoms with E-state index in [1.807, 2.05) is 45.9 Å². The van der Waals surface area contributed by atoms with E-state index in [1.165, 1.54) is 18.4 Å². The normalized spacial score (nSPS) is 14.2. The molecule has 1 aliphatic rings. The Morgan fingerprint density at radius 2 is 1.81 bits per heavy atom. The predicted octanol–water partition coefficient (Wildman–Crippen LogP) is 5.27. The van der Waals surface area contributed by atoms with Gasteiger partial charge in [0.2, 0.25) is 5.43 Å². The van der Waals surface area contributed by atoms with Crippen LogP contribution in [0.3, 0.4) is 0 Å². The topological polar surface area (TPSA) is 100 Å². The summed E-state index contributed by atoms with van der Waals surface area (Å²) in [7, 11) is 0. The minimum Gasteiger partial charge on any atom is -0.507 e. The van der Waals surface area contributed by atoms with Gasteiger partial charge in [0.15, 0.2) is 11.3 Å². The van der Waals surface area contributed by atoms with E-state index in [-0.39, 0.29) is 39.3 Å². The van der Waals surface area contributed by atoms with Gasteiger partial charge < -0.3 is 24.5 Å². The molecule has 3 aromatic rings. The van der Waals surface area contributed by atoms with Gasteiger partial charge in [0.05, 0.1) is 5.56 Å². The van der Waals surface area contributed by atoms with Gasteiger partial charge in [-0.05, 0) is 52.3 Å². The summed E-state index contributed by atoms with van der Waals surface area (Å²) in [4.78, 5) is 13.3. The molecule has 0 saturated heterocycles. The van der Waals surface area contributed by atoms with Crippen LogP contribution in [-0.4, -0.2) is 20.9 Å². The Labute approximate surface area is 179 Å². The zero-order valence-electron chi connectivity index (χ0n) is 17.8. The number of hydrogen-bond donors (Lipinski definition) is 3. The van der Waals surface area contributed by atoms with Crippen LogP contribution in [0.1, 0.15) is 38.8 Å². The van der Waals surface area contributed by atoms with Gasteiger partial charge in [-0.2, -0.15) is 0 Å². The van der Waals surface area contributed by atoms with Gasteiger partial charge in [-0.1, -0.05) is 17.7 Å². The van der Waals surface area contributed by atoms with E-state index < -0.39 is 11.0 Å². The average Bonchev–Trinajstić information content (AvgIpc) is 2.68. The molecule has 0 fully saturated rings. The molecule has 0 unspecified atom stereocenters. The van der Waals surface area contributed by atoms with E-state index in [0.29, 0.717) is 23.3 Å². The van der Waals surface area contributed by atoms with Gasteiger partial charge in [-0.25, -0.2) is 0 Å². The molecule has 0 saturated carbocycles. The molecular weight excluding hydrogens is 396 g/mol. The van der Waals surface area contributed by atoms with Crippen LogP contribution >= 0.6 is 0 Å². The van der Waals surface area contributed by atoms with Crippen LogP contribution in [-0.2, 0) is 6.42 Å². The number of phenols is 3. The molecule has 1 aliphatic heterocycles. The third-order valence-electron chi connectivity index (χ3n) is 5.26. The third kappa shape index (κ3) is 3.65. The summed E-state index contributed by atoms with van der Waals surface area (Å²) < 4.78 is 11.4. The molecule has 3 N–H and O–H groups in total. The summed E-state index contributed by atoms with van der Waals surface area (Å²) in [5.41, 5.74) is 1.31. The third-order valence-corrected chi connectivity index (χ3v) is 5.26. The van der Waals surface area contributed by atoms with Crippen molar-refractivity contribution >= 4 is 17.0 Å². The number of rotatable bonds is 3. The number of hydrogen-bond acceptors (Lipinski definition) is 6. The van der Waals surface area contributed by atoms with E-state index in [4.69, 9.17) is 9.15 Å². The second-order valence-corrected chi connectivity index (χ2v) is 8.52. The zero-order chi connectivity index (χ0) is 22.5. The maximum atomic E-state index is 13.3. The summed E-state index contributed by atoms with van der Waals surface area (Å²) in [6.45, 7) is 7.64. The molecule has 0 bridgehead atoms. The van der Waals surface area contributed by atoms with Crippen molar-refractivity contribution in [2.45, 2.75) is 39.7 Å². The number of phenolic OH excluding ortho intramolecular Hbond substituents is 3. The second kappa shape index (κ2) is 7.23. The molecule has 6 heteroatoms. The molecule has 6 nitrogen and oxygen atoms in total. The van der Waals surface area contributed by atoms with Gasteiger partial charge in [-0.15, -0.1) is 0 Å².